The first kappa shape index (κ1) is 21.3. The third-order valence-electron chi connectivity index (χ3n) is 8.73. The van der Waals surface area contributed by atoms with E-state index >= 15 is 0 Å². The van der Waals surface area contributed by atoms with Gasteiger partial charge in [-0.05, 0) is 61.9 Å². The Hall–Kier alpha value is -3.81. The second-order valence-corrected chi connectivity index (χ2v) is 10.7. The first-order chi connectivity index (χ1) is 18.0. The molecule has 0 saturated carbocycles. The van der Waals surface area contributed by atoms with Gasteiger partial charge in [-0.2, -0.15) is 0 Å². The first-order valence-corrected chi connectivity index (χ1v) is 12.9. The fourth-order valence-electron chi connectivity index (χ4n) is 7.46. The molecule has 4 aromatic rings. The Labute approximate surface area is 216 Å². The largest absolute Gasteiger partial charge is 0.283 e. The fraction of sp³-hybridized carbons (Fsp3) is 0.241. The van der Waals surface area contributed by atoms with Gasteiger partial charge < -0.3 is 0 Å². The Bertz CT molecular complexity index is 1730. The summed E-state index contributed by atoms with van der Waals surface area (Å²) in [6.45, 7) is 0.732. The van der Waals surface area contributed by atoms with Crippen LogP contribution in [0.4, 0.5) is 5.69 Å². The number of carbonyl (C=O) groups is 2. The number of para-hydroxylation sites is 2. The van der Waals surface area contributed by atoms with E-state index in [1.54, 1.807) is 34.9 Å². The van der Waals surface area contributed by atoms with Crippen LogP contribution in [0, 0.1) is 11.8 Å². The Morgan fingerprint density at radius 2 is 1.65 bits per heavy atom. The maximum absolute atomic E-state index is 14.4. The number of amides is 2. The van der Waals surface area contributed by atoms with Crippen LogP contribution in [-0.2, 0) is 15.1 Å². The lowest BCUT2D eigenvalue weighted by Gasteiger charge is -2.38. The van der Waals surface area contributed by atoms with Crippen molar-refractivity contribution < 1.29 is 9.59 Å². The van der Waals surface area contributed by atoms with Crippen molar-refractivity contribution in [3.63, 3.8) is 0 Å². The molecule has 8 rings (SSSR count). The molecule has 1 spiro atoms. The Morgan fingerprint density at radius 3 is 2.49 bits per heavy atom. The number of hydrogen-bond acceptors (Lipinski definition) is 5. The van der Waals surface area contributed by atoms with Crippen molar-refractivity contribution >= 4 is 40.0 Å². The lowest BCUT2D eigenvalue weighted by molar-refractivity contribution is -0.124. The minimum Gasteiger partial charge on any atom is -0.283 e. The second-order valence-electron chi connectivity index (χ2n) is 10.3. The highest BCUT2D eigenvalue weighted by molar-refractivity contribution is 6.31. The van der Waals surface area contributed by atoms with Crippen LogP contribution >= 0.6 is 11.6 Å². The Kier molecular flexibility index (Phi) is 4.11. The molecule has 2 amide bonds. The number of nitrogens with zero attached hydrogens (tertiary/aromatic N) is 4. The normalized spacial score (nSPS) is 27.7. The van der Waals surface area contributed by atoms with Crippen molar-refractivity contribution in [3.8, 4) is 5.69 Å². The minimum absolute atomic E-state index is 0.110. The molecule has 3 fully saturated rings. The molecule has 1 aromatic heterocycles. The predicted octanol–water partition coefficient (Wildman–Crippen LogP) is 3.88. The Morgan fingerprint density at radius 1 is 0.892 bits per heavy atom. The SMILES string of the molecule is O=C1[C@H]2[C@@H]3CCCN3[C@]3(c4ccccc4-n4c3nc3ccccc3c4=O)[C@H]2C(=O)N1c1ccc(Cl)cc1. The number of anilines is 1. The lowest BCUT2D eigenvalue weighted by atomic mass is 9.75. The predicted molar refractivity (Wildman–Crippen MR) is 139 cm³/mol. The van der Waals surface area contributed by atoms with E-state index in [1.807, 2.05) is 42.5 Å². The van der Waals surface area contributed by atoms with E-state index in [1.165, 1.54) is 4.90 Å². The number of fused-ring (bicyclic) bond motifs is 11. The monoisotopic (exact) mass is 508 g/mol. The Balaban J connectivity index is 1.45. The molecule has 4 atom stereocenters. The van der Waals surface area contributed by atoms with Crippen molar-refractivity contribution in [2.24, 2.45) is 11.8 Å². The van der Waals surface area contributed by atoms with E-state index in [-0.39, 0.29) is 23.4 Å². The van der Waals surface area contributed by atoms with Gasteiger partial charge in [0.2, 0.25) is 11.8 Å². The van der Waals surface area contributed by atoms with Crippen LogP contribution < -0.4 is 10.5 Å². The molecule has 7 nitrogen and oxygen atoms in total. The summed E-state index contributed by atoms with van der Waals surface area (Å²) in [4.78, 5) is 51.0. The summed E-state index contributed by atoms with van der Waals surface area (Å²) in [7, 11) is 0. The smallest absolute Gasteiger partial charge is 0.266 e. The standard InChI is InChI=1S/C29H21ClN4O3/c30-16-11-13-17(14-12-16)33-26(36)23-22-10-5-15-32(22)29(24(23)27(33)37)19-7-2-4-9-21(19)34-25(35)18-6-1-3-8-20(18)31-28(29)34/h1-4,6-9,11-14,22-24H,5,10,15H2/t22-,23-,24+,29+/m0/s1. The lowest BCUT2D eigenvalue weighted by Crippen LogP contribution is -2.51. The van der Waals surface area contributed by atoms with Crippen LogP contribution in [0.5, 0.6) is 0 Å². The van der Waals surface area contributed by atoms with Crippen molar-refractivity contribution in [2.45, 2.75) is 24.4 Å². The molecule has 4 aliphatic rings. The summed E-state index contributed by atoms with van der Waals surface area (Å²) >= 11 is 6.10. The number of halogens is 1. The molecule has 3 saturated heterocycles. The van der Waals surface area contributed by atoms with Gasteiger partial charge in [0.15, 0.2) is 0 Å². The molecule has 4 aliphatic heterocycles. The summed E-state index contributed by atoms with van der Waals surface area (Å²) in [5, 5.41) is 1.07. The second kappa shape index (κ2) is 7.15. The van der Waals surface area contributed by atoms with Gasteiger partial charge >= 0.3 is 0 Å². The molecule has 5 heterocycles. The topological polar surface area (TPSA) is 75.5 Å². The minimum atomic E-state index is -1.00. The molecular formula is C29H21ClN4O3. The van der Waals surface area contributed by atoms with Crippen LogP contribution in [0.25, 0.3) is 16.6 Å². The molecule has 0 aliphatic carbocycles. The summed E-state index contributed by atoms with van der Waals surface area (Å²) in [6, 6.07) is 21.8. The quantitative estimate of drug-likeness (QED) is 0.365. The molecule has 8 heteroatoms. The van der Waals surface area contributed by atoms with E-state index in [4.69, 9.17) is 16.6 Å². The van der Waals surface area contributed by atoms with Gasteiger partial charge in [0, 0.05) is 16.6 Å². The highest BCUT2D eigenvalue weighted by Gasteiger charge is 2.73. The van der Waals surface area contributed by atoms with Crippen LogP contribution in [0.15, 0.2) is 77.6 Å². The van der Waals surface area contributed by atoms with Crippen molar-refractivity contribution in [1.29, 1.82) is 0 Å². The van der Waals surface area contributed by atoms with Crippen LogP contribution in [0.3, 0.4) is 0 Å². The van der Waals surface area contributed by atoms with Crippen molar-refractivity contribution in [2.75, 3.05) is 11.4 Å². The number of imide groups is 1. The number of hydrogen-bond donors (Lipinski definition) is 0. The molecular weight excluding hydrogens is 488 g/mol. The van der Waals surface area contributed by atoms with Gasteiger partial charge in [0.05, 0.1) is 34.1 Å². The molecule has 0 unspecified atom stereocenters. The molecule has 37 heavy (non-hydrogen) atoms. The van der Waals surface area contributed by atoms with Crippen molar-refractivity contribution in [3.05, 3.63) is 99.6 Å². The zero-order chi connectivity index (χ0) is 25.1. The van der Waals surface area contributed by atoms with E-state index in [2.05, 4.69) is 4.90 Å². The maximum Gasteiger partial charge on any atom is 0.266 e. The van der Waals surface area contributed by atoms with Crippen LogP contribution in [0.2, 0.25) is 5.02 Å². The summed E-state index contributed by atoms with van der Waals surface area (Å²) < 4.78 is 1.68. The van der Waals surface area contributed by atoms with Crippen LogP contribution in [-0.4, -0.2) is 38.9 Å². The van der Waals surface area contributed by atoms with E-state index < -0.39 is 17.4 Å². The zero-order valence-electron chi connectivity index (χ0n) is 19.7. The number of rotatable bonds is 1. The third kappa shape index (κ3) is 2.42. The molecule has 0 bridgehead atoms. The maximum atomic E-state index is 14.4. The van der Waals surface area contributed by atoms with Gasteiger partial charge in [0.25, 0.3) is 5.56 Å². The van der Waals surface area contributed by atoms with E-state index in [0.717, 1.165) is 30.6 Å². The zero-order valence-corrected chi connectivity index (χ0v) is 20.4. The van der Waals surface area contributed by atoms with Gasteiger partial charge in [-0.25, -0.2) is 9.88 Å². The fourth-order valence-corrected chi connectivity index (χ4v) is 7.58. The summed E-state index contributed by atoms with van der Waals surface area (Å²) in [5.41, 5.74) is 1.56. The summed E-state index contributed by atoms with van der Waals surface area (Å²) in [5.74, 6) is -1.11. The number of carbonyl (C=O) groups excluding carboxylic acids is 2. The highest BCUT2D eigenvalue weighted by atomic mass is 35.5. The van der Waals surface area contributed by atoms with E-state index in [0.29, 0.717) is 27.4 Å². The van der Waals surface area contributed by atoms with Gasteiger partial charge in [-0.3, -0.25) is 23.9 Å². The molecule has 0 radical (unpaired) electrons. The average molecular weight is 509 g/mol. The van der Waals surface area contributed by atoms with Gasteiger partial charge in [-0.15, -0.1) is 0 Å². The summed E-state index contributed by atoms with van der Waals surface area (Å²) in [6.07, 6.45) is 1.73. The van der Waals surface area contributed by atoms with Gasteiger partial charge in [-0.1, -0.05) is 41.9 Å². The number of aromatic nitrogens is 2. The van der Waals surface area contributed by atoms with E-state index in [9.17, 15) is 14.4 Å². The third-order valence-corrected chi connectivity index (χ3v) is 8.98. The first-order valence-electron chi connectivity index (χ1n) is 12.6. The molecule has 3 aromatic carbocycles. The molecule has 182 valence electrons. The molecule has 0 N–H and O–H groups in total. The van der Waals surface area contributed by atoms with Gasteiger partial charge in [0.1, 0.15) is 11.4 Å². The average Bonchev–Trinajstić information content (AvgIpc) is 3.62. The van der Waals surface area contributed by atoms with Crippen LogP contribution in [0.1, 0.15) is 24.2 Å². The number of benzene rings is 3. The highest BCUT2D eigenvalue weighted by Crippen LogP contribution is 2.62. The van der Waals surface area contributed by atoms with Crippen molar-refractivity contribution in [1.82, 2.24) is 14.5 Å².